The molecule has 96 valence electrons. The van der Waals surface area contributed by atoms with Crippen LogP contribution in [0.2, 0.25) is 0 Å². The van der Waals surface area contributed by atoms with Crippen LogP contribution in [0, 0.1) is 20.8 Å². The van der Waals surface area contributed by atoms with Gasteiger partial charge in [-0.2, -0.15) is 0 Å². The first kappa shape index (κ1) is 13.2. The van der Waals surface area contributed by atoms with E-state index >= 15 is 0 Å². The van der Waals surface area contributed by atoms with Crippen LogP contribution in [0.4, 0.5) is 0 Å². The van der Waals surface area contributed by atoms with Gasteiger partial charge in [-0.25, -0.2) is 0 Å². The molecule has 18 heavy (non-hydrogen) atoms. The van der Waals surface area contributed by atoms with Crippen molar-refractivity contribution >= 4 is 11.5 Å². The Morgan fingerprint density at radius 2 is 2.06 bits per heavy atom. The number of benzene rings is 1. The van der Waals surface area contributed by atoms with Gasteiger partial charge in [0.05, 0.1) is 16.6 Å². The largest absolute Gasteiger partial charge is 0.306 e. The molecular formula is C14H19N3S. The number of aromatic nitrogens is 2. The molecule has 1 aromatic carbocycles. The summed E-state index contributed by atoms with van der Waals surface area (Å²) in [5.41, 5.74) is 4.94. The molecule has 1 N–H and O–H groups in total. The Morgan fingerprint density at radius 1 is 1.28 bits per heavy atom. The van der Waals surface area contributed by atoms with E-state index in [0.29, 0.717) is 0 Å². The number of nitrogens with zero attached hydrogens (tertiary/aromatic N) is 2. The molecule has 0 saturated carbocycles. The summed E-state index contributed by atoms with van der Waals surface area (Å²) in [5.74, 6) is 0. The van der Waals surface area contributed by atoms with Crippen LogP contribution in [-0.2, 0) is 0 Å². The average Bonchev–Trinajstić information content (AvgIpc) is 2.76. The molecular weight excluding hydrogens is 242 g/mol. The van der Waals surface area contributed by atoms with E-state index in [4.69, 9.17) is 0 Å². The fraction of sp³-hybridized carbons (Fsp3) is 0.429. The molecule has 0 bridgehead atoms. The standard InChI is InChI=1S/C14H19N3S/c1-5-15-13(14-11(4)16-17-18-14)12-8-9(2)6-7-10(12)3/h6-8,13,15H,5H2,1-4H3. The topological polar surface area (TPSA) is 37.8 Å². The zero-order valence-electron chi connectivity index (χ0n) is 11.3. The first-order valence-corrected chi connectivity index (χ1v) is 7.00. The molecule has 3 nitrogen and oxygen atoms in total. The molecule has 1 aromatic heterocycles. The normalized spacial score (nSPS) is 12.7. The zero-order chi connectivity index (χ0) is 13.1. The minimum Gasteiger partial charge on any atom is -0.306 e. The van der Waals surface area contributed by atoms with Gasteiger partial charge in [0, 0.05) is 0 Å². The van der Waals surface area contributed by atoms with E-state index in [1.54, 1.807) is 0 Å². The van der Waals surface area contributed by atoms with Gasteiger partial charge in [0.25, 0.3) is 0 Å². The number of nitrogens with one attached hydrogen (secondary N) is 1. The van der Waals surface area contributed by atoms with E-state index in [2.05, 4.69) is 53.9 Å². The Bertz CT molecular complexity index is 534. The van der Waals surface area contributed by atoms with Crippen molar-refractivity contribution in [3.05, 3.63) is 45.5 Å². The molecule has 2 aromatic rings. The van der Waals surface area contributed by atoms with E-state index in [0.717, 1.165) is 12.2 Å². The van der Waals surface area contributed by atoms with Gasteiger partial charge in [-0.05, 0) is 50.0 Å². The van der Waals surface area contributed by atoms with Gasteiger partial charge in [0.15, 0.2) is 0 Å². The zero-order valence-corrected chi connectivity index (χ0v) is 12.1. The number of rotatable bonds is 4. The lowest BCUT2D eigenvalue weighted by Crippen LogP contribution is -2.22. The van der Waals surface area contributed by atoms with E-state index < -0.39 is 0 Å². The van der Waals surface area contributed by atoms with Crippen LogP contribution in [-0.4, -0.2) is 16.1 Å². The molecule has 1 atom stereocenters. The summed E-state index contributed by atoms with van der Waals surface area (Å²) in [7, 11) is 0. The van der Waals surface area contributed by atoms with E-state index in [-0.39, 0.29) is 6.04 Å². The van der Waals surface area contributed by atoms with Crippen LogP contribution >= 0.6 is 11.5 Å². The van der Waals surface area contributed by atoms with Crippen molar-refractivity contribution in [2.75, 3.05) is 6.54 Å². The predicted molar refractivity (Wildman–Crippen MR) is 76.1 cm³/mol. The predicted octanol–water partition coefficient (Wildman–Crippen LogP) is 3.16. The Balaban J connectivity index is 2.48. The Hall–Kier alpha value is -1.26. The Kier molecular flexibility index (Phi) is 4.09. The molecule has 0 fully saturated rings. The van der Waals surface area contributed by atoms with Crippen LogP contribution in [0.25, 0.3) is 0 Å². The molecule has 0 aliphatic rings. The molecule has 1 heterocycles. The monoisotopic (exact) mass is 261 g/mol. The summed E-state index contributed by atoms with van der Waals surface area (Å²) in [6.45, 7) is 9.36. The fourth-order valence-corrected chi connectivity index (χ4v) is 2.86. The van der Waals surface area contributed by atoms with Crippen molar-refractivity contribution in [3.8, 4) is 0 Å². The second kappa shape index (κ2) is 5.59. The highest BCUT2D eigenvalue weighted by atomic mass is 32.1. The van der Waals surface area contributed by atoms with E-state index in [1.165, 1.54) is 33.1 Å². The van der Waals surface area contributed by atoms with Gasteiger partial charge in [0.1, 0.15) is 0 Å². The molecule has 0 aliphatic heterocycles. The van der Waals surface area contributed by atoms with Gasteiger partial charge in [-0.1, -0.05) is 35.2 Å². The smallest absolute Gasteiger partial charge is 0.0776 e. The summed E-state index contributed by atoms with van der Waals surface area (Å²) < 4.78 is 4.05. The highest BCUT2D eigenvalue weighted by Gasteiger charge is 2.20. The van der Waals surface area contributed by atoms with Crippen molar-refractivity contribution < 1.29 is 0 Å². The van der Waals surface area contributed by atoms with Crippen molar-refractivity contribution in [1.82, 2.24) is 14.9 Å². The third-order valence-corrected chi connectivity index (χ3v) is 3.99. The lowest BCUT2D eigenvalue weighted by molar-refractivity contribution is 0.632. The molecule has 0 amide bonds. The highest BCUT2D eigenvalue weighted by molar-refractivity contribution is 7.05. The Morgan fingerprint density at radius 3 is 2.67 bits per heavy atom. The van der Waals surface area contributed by atoms with Gasteiger partial charge in [0.2, 0.25) is 0 Å². The lowest BCUT2D eigenvalue weighted by Gasteiger charge is -2.19. The molecule has 4 heteroatoms. The third-order valence-electron chi connectivity index (χ3n) is 3.10. The first-order chi connectivity index (χ1) is 8.63. The lowest BCUT2D eigenvalue weighted by atomic mass is 9.97. The van der Waals surface area contributed by atoms with Crippen molar-refractivity contribution in [3.63, 3.8) is 0 Å². The van der Waals surface area contributed by atoms with E-state index in [1.807, 2.05) is 6.92 Å². The SMILES string of the molecule is CCNC(c1cc(C)ccc1C)c1snnc1C. The Labute approximate surface area is 112 Å². The van der Waals surface area contributed by atoms with Crippen LogP contribution in [0.3, 0.4) is 0 Å². The summed E-state index contributed by atoms with van der Waals surface area (Å²) in [6, 6.07) is 6.79. The van der Waals surface area contributed by atoms with Crippen molar-refractivity contribution in [2.45, 2.75) is 33.7 Å². The minimum absolute atomic E-state index is 0.204. The fourth-order valence-electron chi connectivity index (χ4n) is 2.12. The second-order valence-corrected chi connectivity index (χ2v) is 5.36. The second-order valence-electron chi connectivity index (χ2n) is 4.57. The molecule has 0 radical (unpaired) electrons. The average molecular weight is 261 g/mol. The summed E-state index contributed by atoms with van der Waals surface area (Å²) in [5, 5.41) is 7.67. The molecule has 0 spiro atoms. The van der Waals surface area contributed by atoms with E-state index in [9.17, 15) is 0 Å². The number of hydrogen-bond acceptors (Lipinski definition) is 4. The van der Waals surface area contributed by atoms with Gasteiger partial charge < -0.3 is 5.32 Å². The maximum absolute atomic E-state index is 4.13. The van der Waals surface area contributed by atoms with Crippen molar-refractivity contribution in [2.24, 2.45) is 0 Å². The maximum Gasteiger partial charge on any atom is 0.0776 e. The molecule has 0 saturated heterocycles. The highest BCUT2D eigenvalue weighted by Crippen LogP contribution is 2.29. The third kappa shape index (κ3) is 2.60. The maximum atomic E-state index is 4.13. The quantitative estimate of drug-likeness (QED) is 0.918. The first-order valence-electron chi connectivity index (χ1n) is 6.23. The summed E-state index contributed by atoms with van der Waals surface area (Å²) in [4.78, 5) is 1.21. The van der Waals surface area contributed by atoms with Crippen LogP contribution in [0.1, 0.15) is 40.2 Å². The van der Waals surface area contributed by atoms with Crippen LogP contribution in [0.15, 0.2) is 18.2 Å². The molecule has 1 unspecified atom stereocenters. The molecule has 0 aliphatic carbocycles. The van der Waals surface area contributed by atoms with Crippen LogP contribution < -0.4 is 5.32 Å². The molecule has 2 rings (SSSR count). The van der Waals surface area contributed by atoms with Crippen molar-refractivity contribution in [1.29, 1.82) is 0 Å². The minimum atomic E-state index is 0.204. The summed E-state index contributed by atoms with van der Waals surface area (Å²) >= 11 is 1.48. The van der Waals surface area contributed by atoms with Gasteiger partial charge >= 0.3 is 0 Å². The number of aryl methyl sites for hydroxylation is 3. The van der Waals surface area contributed by atoms with Crippen LogP contribution in [0.5, 0.6) is 0 Å². The summed E-state index contributed by atoms with van der Waals surface area (Å²) in [6.07, 6.45) is 0. The van der Waals surface area contributed by atoms with Gasteiger partial charge in [-0.15, -0.1) is 5.10 Å². The van der Waals surface area contributed by atoms with Gasteiger partial charge in [-0.3, -0.25) is 0 Å². The number of hydrogen-bond donors (Lipinski definition) is 1.